The highest BCUT2D eigenvalue weighted by molar-refractivity contribution is 7.93. The summed E-state index contributed by atoms with van der Waals surface area (Å²) in [4.78, 5) is 14.9. The van der Waals surface area contributed by atoms with E-state index in [4.69, 9.17) is 9.52 Å². The summed E-state index contributed by atoms with van der Waals surface area (Å²) in [7, 11) is -1.29. The lowest BCUT2D eigenvalue weighted by molar-refractivity contribution is 0.0492. The van der Waals surface area contributed by atoms with Crippen LogP contribution >= 0.6 is 0 Å². The lowest BCUT2D eigenvalue weighted by atomic mass is 9.99. The molecule has 1 aromatic rings. The van der Waals surface area contributed by atoms with Gasteiger partial charge in [0.2, 0.25) is 0 Å². The molecule has 3 aliphatic rings. The summed E-state index contributed by atoms with van der Waals surface area (Å²) in [6, 6.07) is 1.72. The number of fused-ring (bicyclic) bond motifs is 2. The van der Waals surface area contributed by atoms with E-state index in [0.717, 1.165) is 57.2 Å². The summed E-state index contributed by atoms with van der Waals surface area (Å²) < 4.78 is 28.6. The monoisotopic (exact) mass is 446 g/mol. The number of likely N-dealkylation sites (tertiary alicyclic amines) is 1. The van der Waals surface area contributed by atoms with Crippen LogP contribution in [0, 0.1) is 4.78 Å². The average Bonchev–Trinajstić information content (AvgIpc) is 3.42. The number of carbonyl (C=O) groups excluding carboxylic acids is 1. The maximum atomic E-state index is 12.6. The first kappa shape index (κ1) is 22.3. The van der Waals surface area contributed by atoms with Gasteiger partial charge >= 0.3 is 6.03 Å². The first-order valence-electron chi connectivity index (χ1n) is 11.3. The van der Waals surface area contributed by atoms with Gasteiger partial charge in [-0.25, -0.2) is 18.5 Å². The van der Waals surface area contributed by atoms with Gasteiger partial charge in [-0.2, -0.15) is 0 Å². The molecule has 3 N–H and O–H groups in total. The number of aryl methyl sites for hydroxylation is 2. The number of ether oxygens (including phenoxy) is 1. The predicted octanol–water partition coefficient (Wildman–Crippen LogP) is 3.76. The van der Waals surface area contributed by atoms with Gasteiger partial charge in [0.15, 0.2) is 9.92 Å². The lowest BCUT2D eigenvalue weighted by Crippen LogP contribution is -2.42. The van der Waals surface area contributed by atoms with Crippen LogP contribution < -0.4 is 10.0 Å². The highest BCUT2D eigenvalue weighted by Gasteiger charge is 2.33. The number of rotatable bonds is 7. The zero-order valence-corrected chi connectivity index (χ0v) is 19.4. The molecule has 2 atom stereocenters. The summed E-state index contributed by atoms with van der Waals surface area (Å²) >= 11 is 0. The second-order valence-electron chi connectivity index (χ2n) is 9.30. The van der Waals surface area contributed by atoms with Crippen molar-refractivity contribution < 1.29 is 13.7 Å². The first-order chi connectivity index (χ1) is 14.8. The molecule has 0 radical (unpaired) electrons. The molecule has 4 rings (SSSR count). The minimum Gasteiger partial charge on any atom is -0.375 e. The summed E-state index contributed by atoms with van der Waals surface area (Å²) in [5, 5.41) is 4.16. The van der Waals surface area contributed by atoms with Crippen LogP contribution in [0.1, 0.15) is 54.9 Å². The molecule has 0 saturated carbocycles. The molecule has 0 spiro atoms. The van der Waals surface area contributed by atoms with Crippen LogP contribution in [0.25, 0.3) is 0 Å². The Morgan fingerprint density at radius 3 is 2.52 bits per heavy atom. The van der Waals surface area contributed by atoms with E-state index in [-0.39, 0.29) is 12.1 Å². The molecular formula is C23H34N4O3S. The summed E-state index contributed by atoms with van der Waals surface area (Å²) in [6.07, 6.45) is 10.0. The van der Waals surface area contributed by atoms with Gasteiger partial charge in [0.05, 0.1) is 13.2 Å². The minimum absolute atomic E-state index is 0.0323. The average molecular weight is 447 g/mol. The van der Waals surface area contributed by atoms with Crippen molar-refractivity contribution in [3.63, 3.8) is 0 Å². The van der Waals surface area contributed by atoms with Crippen molar-refractivity contribution in [1.29, 1.82) is 4.78 Å². The van der Waals surface area contributed by atoms with Gasteiger partial charge in [-0.1, -0.05) is 6.07 Å². The van der Waals surface area contributed by atoms with E-state index in [1.807, 2.05) is 0 Å². The standard InChI is InChI=1S/C23H34N4O3S/c1-23(11-5-12-27(23)2)16-30-13-6-14-31(24,29)26-22(28)25-21-19-9-3-7-17(19)15-18-8-4-10-20(18)21/h6,14-15H,3-5,7-13,16H2,1-2H3,(H3,24,25,26,28,29)/b14-6+/t23-,31?/m0/s1. The van der Waals surface area contributed by atoms with Crippen molar-refractivity contribution in [2.24, 2.45) is 0 Å². The second-order valence-corrected chi connectivity index (χ2v) is 11.0. The Hall–Kier alpha value is -1.90. The van der Waals surface area contributed by atoms with Gasteiger partial charge in [0.1, 0.15) is 0 Å². The van der Waals surface area contributed by atoms with Gasteiger partial charge in [-0.05, 0) is 100 Å². The molecule has 1 unspecified atom stereocenters. The fraction of sp³-hybridized carbons (Fsp3) is 0.609. The predicted molar refractivity (Wildman–Crippen MR) is 124 cm³/mol. The Morgan fingerprint density at radius 1 is 1.23 bits per heavy atom. The molecule has 2 amide bonds. The molecule has 170 valence electrons. The minimum atomic E-state index is -3.39. The number of urea groups is 1. The largest absolute Gasteiger partial charge is 0.375 e. The van der Waals surface area contributed by atoms with Crippen LogP contribution in [0.4, 0.5) is 10.5 Å². The third-order valence-electron chi connectivity index (χ3n) is 7.00. The second kappa shape index (κ2) is 8.92. The summed E-state index contributed by atoms with van der Waals surface area (Å²) in [5.41, 5.74) is 5.98. The Morgan fingerprint density at radius 2 is 1.90 bits per heavy atom. The summed E-state index contributed by atoms with van der Waals surface area (Å²) in [5.74, 6) is 0. The van der Waals surface area contributed by atoms with Crippen molar-refractivity contribution in [2.75, 3.05) is 32.1 Å². The van der Waals surface area contributed by atoms with Gasteiger partial charge in [-0.15, -0.1) is 0 Å². The van der Waals surface area contributed by atoms with Crippen LogP contribution in [0.2, 0.25) is 0 Å². The molecule has 31 heavy (non-hydrogen) atoms. The molecule has 7 nitrogen and oxygen atoms in total. The molecular weight excluding hydrogens is 412 g/mol. The quantitative estimate of drug-likeness (QED) is 0.556. The number of hydrogen-bond donors (Lipinski definition) is 3. The third kappa shape index (κ3) is 4.96. The van der Waals surface area contributed by atoms with E-state index in [0.29, 0.717) is 6.61 Å². The number of amides is 2. The molecule has 8 heteroatoms. The van der Waals surface area contributed by atoms with Gasteiger partial charge in [0.25, 0.3) is 0 Å². The normalized spacial score (nSPS) is 24.8. The fourth-order valence-corrected chi connectivity index (χ4v) is 5.88. The van der Waals surface area contributed by atoms with Gasteiger partial charge in [0, 0.05) is 16.6 Å². The van der Waals surface area contributed by atoms with Crippen molar-refractivity contribution in [1.82, 2.24) is 9.62 Å². The van der Waals surface area contributed by atoms with Crippen LogP contribution in [-0.4, -0.2) is 47.5 Å². The molecule has 1 heterocycles. The van der Waals surface area contributed by atoms with E-state index in [1.54, 1.807) is 6.08 Å². The van der Waals surface area contributed by atoms with Crippen LogP contribution in [0.15, 0.2) is 17.6 Å². The van der Waals surface area contributed by atoms with E-state index in [9.17, 15) is 9.00 Å². The Balaban J connectivity index is 1.32. The SMILES string of the molecule is CN1CCC[C@@]1(C)COC/C=C/S(=N)(=O)NC(=O)Nc1c2c(cc3c1CCC3)CCC2. The molecule has 1 aromatic carbocycles. The van der Waals surface area contributed by atoms with Gasteiger partial charge in [-0.3, -0.25) is 4.90 Å². The fourth-order valence-electron chi connectivity index (χ4n) is 5.14. The Bertz CT molecular complexity index is 957. The van der Waals surface area contributed by atoms with Crippen molar-refractivity contribution in [3.8, 4) is 0 Å². The molecule has 0 aromatic heterocycles. The first-order valence-corrected chi connectivity index (χ1v) is 12.9. The number of hydrogen-bond acceptors (Lipinski definition) is 5. The topological polar surface area (TPSA) is 94.5 Å². The highest BCUT2D eigenvalue weighted by atomic mass is 32.2. The maximum absolute atomic E-state index is 12.6. The Labute approximate surface area is 185 Å². The molecule has 1 fully saturated rings. The number of nitrogens with one attached hydrogen (secondary N) is 3. The van der Waals surface area contributed by atoms with Crippen molar-refractivity contribution >= 4 is 21.6 Å². The molecule has 1 aliphatic heterocycles. The van der Waals surface area contributed by atoms with Gasteiger partial charge < -0.3 is 10.1 Å². The van der Waals surface area contributed by atoms with E-state index >= 15 is 0 Å². The number of likely N-dealkylation sites (N-methyl/N-ethyl adjacent to an activating group) is 1. The molecule has 0 bridgehead atoms. The van der Waals surface area contributed by atoms with Crippen molar-refractivity contribution in [3.05, 3.63) is 39.8 Å². The van der Waals surface area contributed by atoms with E-state index in [1.165, 1.54) is 34.1 Å². The van der Waals surface area contributed by atoms with Crippen LogP contribution in [-0.2, 0) is 40.3 Å². The zero-order valence-electron chi connectivity index (χ0n) is 18.6. The molecule has 2 aliphatic carbocycles. The van der Waals surface area contributed by atoms with Crippen LogP contribution in [0.5, 0.6) is 0 Å². The lowest BCUT2D eigenvalue weighted by Gasteiger charge is -2.31. The summed E-state index contributed by atoms with van der Waals surface area (Å²) in [6.45, 7) is 4.11. The maximum Gasteiger partial charge on any atom is 0.331 e. The van der Waals surface area contributed by atoms with E-state index in [2.05, 4.69) is 35.0 Å². The number of carbonyl (C=O) groups is 1. The number of nitrogens with zero attached hydrogens (tertiary/aromatic N) is 1. The number of benzene rings is 1. The smallest absolute Gasteiger partial charge is 0.331 e. The van der Waals surface area contributed by atoms with E-state index < -0.39 is 15.9 Å². The van der Waals surface area contributed by atoms with Crippen molar-refractivity contribution in [2.45, 2.75) is 63.8 Å². The number of anilines is 1. The molecule has 1 saturated heterocycles. The highest BCUT2D eigenvalue weighted by Crippen LogP contribution is 2.38. The third-order valence-corrected chi connectivity index (χ3v) is 8.07. The Kier molecular flexibility index (Phi) is 6.42. The van der Waals surface area contributed by atoms with Crippen LogP contribution in [0.3, 0.4) is 0 Å². The zero-order chi connectivity index (χ0) is 22.1.